The molecule has 2 aliphatic heterocycles. The van der Waals surface area contributed by atoms with Crippen LogP contribution in [0, 0.1) is 24.4 Å². The van der Waals surface area contributed by atoms with E-state index in [-0.39, 0.29) is 79.6 Å². The number of carbonyl (C=O) groups excluding carboxylic acids is 4. The van der Waals surface area contributed by atoms with Gasteiger partial charge in [-0.3, -0.25) is 28.2 Å². The van der Waals surface area contributed by atoms with E-state index in [9.17, 15) is 65.3 Å². The number of nitrogens with one attached hydrogen (secondary N) is 4. The minimum absolute atomic E-state index is 0.0331. The first kappa shape index (κ1) is 59.7. The molecular weight excluding hydrogens is 1100 g/mol. The van der Waals surface area contributed by atoms with Crippen LogP contribution in [0.3, 0.4) is 0 Å². The van der Waals surface area contributed by atoms with Crippen molar-refractivity contribution in [1.82, 2.24) is 10.6 Å². The summed E-state index contributed by atoms with van der Waals surface area (Å²) in [5, 5.41) is 27.2. The minimum Gasteiger partial charge on any atom is -0.755 e. The van der Waals surface area contributed by atoms with Crippen molar-refractivity contribution < 1.29 is 83.2 Å². The van der Waals surface area contributed by atoms with Gasteiger partial charge < -0.3 is 49.3 Å². The van der Waals surface area contributed by atoms with Gasteiger partial charge in [0.05, 0.1) is 54.4 Å². The molecule has 4 amide bonds. The second-order valence-electron chi connectivity index (χ2n) is 18.7. The van der Waals surface area contributed by atoms with Crippen LogP contribution in [-0.4, -0.2) is 125 Å². The van der Waals surface area contributed by atoms with Crippen molar-refractivity contribution in [1.29, 1.82) is 0 Å². The Balaban J connectivity index is 0.838. The second kappa shape index (κ2) is 26.8. The molecule has 3 aromatic rings. The number of ether oxygens (including phenoxy) is 2. The van der Waals surface area contributed by atoms with Crippen molar-refractivity contribution in [3.63, 3.8) is 0 Å². The Morgan fingerprint density at radius 2 is 1.54 bits per heavy atom. The smallest absolute Gasteiger partial charge is 0.336 e. The van der Waals surface area contributed by atoms with Gasteiger partial charge in [0.2, 0.25) is 23.6 Å². The number of anilines is 3. The molecule has 3 aromatic carbocycles. The van der Waals surface area contributed by atoms with Gasteiger partial charge in [0.25, 0.3) is 0 Å². The maximum atomic E-state index is 15.7. The summed E-state index contributed by atoms with van der Waals surface area (Å²) >= 11 is -2.46. The molecule has 0 bridgehead atoms. The van der Waals surface area contributed by atoms with E-state index in [1.807, 2.05) is 13.0 Å². The zero-order chi connectivity index (χ0) is 57.1. The number of benzene rings is 4. The number of fused-ring (bicyclic) bond motifs is 2. The second-order valence-corrected chi connectivity index (χ2v) is 22.6. The predicted octanol–water partition coefficient (Wildman–Crippen LogP) is 6.06. The van der Waals surface area contributed by atoms with Gasteiger partial charge in [-0.25, -0.2) is 36.1 Å². The van der Waals surface area contributed by atoms with Gasteiger partial charge in [-0.1, -0.05) is 50.3 Å². The molecule has 2 fully saturated rings. The number of rotatable bonds is 25. The molecule has 6 N–H and O–H groups in total. The number of aromatic carboxylic acids is 1. The molecule has 27 heteroatoms. The van der Waals surface area contributed by atoms with E-state index in [1.54, 1.807) is 12.1 Å². The molecule has 2 heterocycles. The number of imide groups is 1. The van der Waals surface area contributed by atoms with Crippen LogP contribution in [0.2, 0.25) is 0 Å². The van der Waals surface area contributed by atoms with Gasteiger partial charge in [0.15, 0.2) is 32.7 Å². The number of sulfone groups is 1. The van der Waals surface area contributed by atoms with Crippen molar-refractivity contribution in [2.45, 2.75) is 93.4 Å². The SMILES string of the molecule is Cc1ccc2c(-c3ccc(N4C(=O)CC(SCC(NC(=O)CCOCCOCCNC(=O)CCS(=O)(=O)c5c(F)c(F)c(NS(=O)[O-])c(F)c5NC5CCCCCCC5)C(=O)O)C4=O)cc3C(=O)O)c3ccc(=O)cc-3oc2c1. The summed E-state index contributed by atoms with van der Waals surface area (Å²) in [6.45, 7) is 1.38. The topological polar surface area (TPSA) is 317 Å². The summed E-state index contributed by atoms with van der Waals surface area (Å²) in [5.74, 6) is -12.6. The molecule has 1 saturated heterocycles. The quantitative estimate of drug-likeness (QED) is 0.0127. The Morgan fingerprint density at radius 3 is 2.24 bits per heavy atom. The Morgan fingerprint density at radius 1 is 0.848 bits per heavy atom. The zero-order valence-corrected chi connectivity index (χ0v) is 44.8. The van der Waals surface area contributed by atoms with Gasteiger partial charge >= 0.3 is 11.9 Å². The lowest BCUT2D eigenvalue weighted by Crippen LogP contribution is -2.43. The molecular formula is C52H55F3N5O16S3-. The van der Waals surface area contributed by atoms with Gasteiger partial charge in [0.1, 0.15) is 28.0 Å². The van der Waals surface area contributed by atoms with Crippen LogP contribution < -0.4 is 31.0 Å². The van der Waals surface area contributed by atoms with Crippen LogP contribution >= 0.6 is 11.8 Å². The number of halogens is 3. The van der Waals surface area contributed by atoms with E-state index in [2.05, 4.69) is 16.0 Å². The number of aryl methyl sites for hydroxylation is 1. The number of carbonyl (C=O) groups is 6. The third-order valence-electron chi connectivity index (χ3n) is 13.1. The van der Waals surface area contributed by atoms with Crippen molar-refractivity contribution >= 4 is 96.5 Å². The summed E-state index contributed by atoms with van der Waals surface area (Å²) in [6.07, 6.45) is 3.60. The van der Waals surface area contributed by atoms with Crippen molar-refractivity contribution in [2.75, 3.05) is 59.4 Å². The lowest BCUT2D eigenvalue weighted by atomic mass is 9.90. The molecule has 7 rings (SSSR count). The first-order chi connectivity index (χ1) is 37.6. The molecule has 3 unspecified atom stereocenters. The number of thioether (sulfide) groups is 1. The highest BCUT2D eigenvalue weighted by Gasteiger charge is 2.41. The summed E-state index contributed by atoms with van der Waals surface area (Å²) in [6, 6.07) is 11.5. The number of nitrogens with zero attached hydrogens (tertiary/aromatic N) is 1. The Labute approximate surface area is 457 Å². The Hall–Kier alpha value is -6.91. The van der Waals surface area contributed by atoms with Gasteiger partial charge in [-0.15, -0.1) is 11.8 Å². The number of hydrogen-bond donors (Lipinski definition) is 6. The third kappa shape index (κ3) is 14.9. The van der Waals surface area contributed by atoms with Crippen molar-refractivity contribution in [2.24, 2.45) is 0 Å². The molecule has 2 aliphatic carbocycles. The van der Waals surface area contributed by atoms with Crippen LogP contribution in [0.25, 0.3) is 33.4 Å². The molecule has 0 aromatic heterocycles. The van der Waals surface area contributed by atoms with E-state index in [4.69, 9.17) is 13.9 Å². The van der Waals surface area contributed by atoms with Gasteiger partial charge in [0, 0.05) is 71.4 Å². The Kier molecular flexibility index (Phi) is 20.3. The van der Waals surface area contributed by atoms with E-state index < -0.39 is 120 Å². The molecule has 4 aliphatic rings. The summed E-state index contributed by atoms with van der Waals surface area (Å²) in [4.78, 5) is 88.9. The molecule has 424 valence electrons. The van der Waals surface area contributed by atoms with Crippen LogP contribution in [0.4, 0.5) is 30.2 Å². The highest BCUT2D eigenvalue weighted by Crippen LogP contribution is 2.43. The Bertz CT molecular complexity index is 3320. The summed E-state index contributed by atoms with van der Waals surface area (Å²) in [5.41, 5.74) is -0.565. The molecule has 0 radical (unpaired) electrons. The fourth-order valence-corrected chi connectivity index (χ4v) is 12.2. The largest absolute Gasteiger partial charge is 0.755 e. The normalized spacial score (nSPS) is 16.1. The minimum atomic E-state index is -4.89. The van der Waals surface area contributed by atoms with Crippen LogP contribution in [0.15, 0.2) is 68.7 Å². The molecule has 3 atom stereocenters. The monoisotopic (exact) mass is 1160 g/mol. The number of aliphatic carboxylic acids is 1. The van der Waals surface area contributed by atoms with Crippen LogP contribution in [0.5, 0.6) is 0 Å². The van der Waals surface area contributed by atoms with Crippen molar-refractivity contribution in [3.8, 4) is 22.5 Å². The lowest BCUT2D eigenvalue weighted by Gasteiger charge is -2.25. The number of carboxylic acids is 2. The maximum Gasteiger partial charge on any atom is 0.336 e. The van der Waals surface area contributed by atoms with Gasteiger partial charge in [-0.2, -0.15) is 0 Å². The van der Waals surface area contributed by atoms with Crippen LogP contribution in [-0.2, 0) is 54.6 Å². The average molecular weight is 1160 g/mol. The first-order valence-corrected chi connectivity index (χ1v) is 28.8. The van der Waals surface area contributed by atoms with Gasteiger partial charge in [-0.05, 0) is 61.2 Å². The van der Waals surface area contributed by atoms with E-state index in [0.29, 0.717) is 47.8 Å². The molecule has 79 heavy (non-hydrogen) atoms. The maximum absolute atomic E-state index is 15.7. The third-order valence-corrected chi connectivity index (χ3v) is 16.5. The fourth-order valence-electron chi connectivity index (χ4n) is 9.20. The molecule has 0 spiro atoms. The number of carboxylic acid groups (broad SMARTS) is 2. The average Bonchev–Trinajstić information content (AvgIpc) is 3.85. The predicted molar refractivity (Wildman–Crippen MR) is 284 cm³/mol. The van der Waals surface area contributed by atoms with E-state index in [1.165, 1.54) is 41.1 Å². The van der Waals surface area contributed by atoms with E-state index >= 15 is 8.78 Å². The summed E-state index contributed by atoms with van der Waals surface area (Å²) in [7, 11) is -4.89. The molecule has 21 nitrogen and oxygen atoms in total. The highest BCUT2D eigenvalue weighted by molar-refractivity contribution is 8.00. The van der Waals surface area contributed by atoms with E-state index in [0.717, 1.165) is 41.5 Å². The summed E-state index contributed by atoms with van der Waals surface area (Å²) < 4.78 is 114. The highest BCUT2D eigenvalue weighted by atomic mass is 32.2. The first-order valence-electron chi connectivity index (χ1n) is 25.0. The fraction of sp³-hybridized carbons (Fsp3) is 0.404. The lowest BCUT2D eigenvalue weighted by molar-refractivity contribution is -0.141. The number of hydrogen-bond acceptors (Lipinski definition) is 16. The standard InChI is InChI=1S/C52H56F3N5O16S3/c1-28-9-12-33-37(23-28)76-38-25-31(61)11-14-34(38)43(33)32-13-10-30(24-35(32)51(66)67)60-42(64)26-39(50(60)65)77-27-36(52(68)69)58-41(63)15-18-74-20-21-75-19-17-56-40(62)16-22-79(72,73)49-45(54)44(53)47(59-78(70)71)46(55)48(49)57-29-7-5-3-2-4-6-8-29/h9-14,23-25,29,36,39,57,59H,2-8,15-22,26-27H2,1H3,(H,56,62)(H,58,63)(H,66,67)(H,68,69)(H,70,71)/p-1. The zero-order valence-electron chi connectivity index (χ0n) is 42.4. The van der Waals surface area contributed by atoms with Crippen LogP contribution in [0.1, 0.15) is 80.1 Å². The van der Waals surface area contributed by atoms with Crippen molar-refractivity contribution in [3.05, 3.63) is 93.4 Å². The molecule has 1 saturated carbocycles. The number of amides is 4.